The van der Waals surface area contributed by atoms with Gasteiger partial charge in [0.25, 0.3) is 5.69 Å². The van der Waals surface area contributed by atoms with Crippen molar-refractivity contribution in [1.29, 1.82) is 0 Å². The monoisotopic (exact) mass is 467 g/mol. The summed E-state index contributed by atoms with van der Waals surface area (Å²) in [7, 11) is -4.61. The van der Waals surface area contributed by atoms with Gasteiger partial charge in [-0.1, -0.05) is 30.3 Å². The van der Waals surface area contributed by atoms with E-state index in [2.05, 4.69) is 0 Å². The van der Waals surface area contributed by atoms with Crippen molar-refractivity contribution >= 4 is 40.9 Å². The Morgan fingerprint density at radius 1 is 1.13 bits per heavy atom. The van der Waals surface area contributed by atoms with Gasteiger partial charge in [-0.2, -0.15) is 0 Å². The number of benzene rings is 2. The summed E-state index contributed by atoms with van der Waals surface area (Å²) < 4.78 is 43.4. The van der Waals surface area contributed by atoms with E-state index in [4.69, 9.17) is 4.52 Å². The van der Waals surface area contributed by atoms with Gasteiger partial charge in [-0.05, 0) is 35.2 Å². The molecule has 3 atom stereocenters. The average Bonchev–Trinajstić information content (AvgIpc) is 3.22. The topological polar surface area (TPSA) is 133 Å². The smallest absolute Gasteiger partial charge is 0.400 e. The third-order valence-electron chi connectivity index (χ3n) is 4.08. The third-order valence-corrected chi connectivity index (χ3v) is 7.63. The lowest BCUT2D eigenvalue weighted by Crippen LogP contribution is -2.39. The lowest BCUT2D eigenvalue weighted by molar-refractivity contribution is -0.384. The van der Waals surface area contributed by atoms with Crippen molar-refractivity contribution < 1.29 is 27.7 Å². The fourth-order valence-electron chi connectivity index (χ4n) is 2.71. The van der Waals surface area contributed by atoms with Crippen molar-refractivity contribution in [3.63, 3.8) is 0 Å². The van der Waals surface area contributed by atoms with Crippen molar-refractivity contribution in [3.8, 4) is 5.75 Å². The quantitative estimate of drug-likeness (QED) is 0.217. The highest BCUT2D eigenvalue weighted by Gasteiger charge is 2.40. The van der Waals surface area contributed by atoms with Crippen LogP contribution in [0.15, 0.2) is 72.1 Å². The van der Waals surface area contributed by atoms with Gasteiger partial charge in [0.05, 0.1) is 4.92 Å². The predicted octanol–water partition coefficient (Wildman–Crippen LogP) is 4.09. The van der Waals surface area contributed by atoms with Gasteiger partial charge in [-0.25, -0.2) is 4.57 Å². The first-order valence-electron chi connectivity index (χ1n) is 8.50. The molecule has 1 N–H and O–H groups in total. The second-order valence-corrected chi connectivity index (χ2v) is 9.73. The van der Waals surface area contributed by atoms with Gasteiger partial charge in [0.1, 0.15) is 10.8 Å². The Kier molecular flexibility index (Phi) is 7.01. The number of hydrogen-bond donors (Lipinski definition) is 1. The van der Waals surface area contributed by atoms with E-state index in [9.17, 15) is 28.3 Å². The van der Waals surface area contributed by atoms with Crippen molar-refractivity contribution in [1.82, 2.24) is 0 Å². The zero-order chi connectivity index (χ0) is 21.7. The summed E-state index contributed by atoms with van der Waals surface area (Å²) in [4.78, 5) is 21.0. The van der Waals surface area contributed by atoms with Crippen LogP contribution in [-0.4, -0.2) is 24.4 Å². The van der Waals surface area contributed by atoms with Crippen LogP contribution in [0.2, 0.25) is 0 Å². The first-order chi connectivity index (χ1) is 14.3. The van der Waals surface area contributed by atoms with Gasteiger partial charge in [-0.15, -0.1) is 11.3 Å². The van der Waals surface area contributed by atoms with Crippen molar-refractivity contribution in [2.75, 3.05) is 4.31 Å². The molecule has 3 unspecified atom stereocenters. The number of non-ortho nitro benzene ring substituents is 1. The molecular formula is C18H16N2O7PS2-. The van der Waals surface area contributed by atoms with Gasteiger partial charge in [-0.3, -0.25) is 18.6 Å². The zero-order valence-electron chi connectivity index (χ0n) is 15.3. The minimum atomic E-state index is -4.61. The molecule has 0 amide bonds. The van der Waals surface area contributed by atoms with E-state index in [0.29, 0.717) is 5.56 Å². The highest BCUT2D eigenvalue weighted by atomic mass is 32.2. The third kappa shape index (κ3) is 5.32. The summed E-state index contributed by atoms with van der Waals surface area (Å²) in [5, 5.41) is 12.7. The number of rotatable bonds is 9. The van der Waals surface area contributed by atoms with Gasteiger partial charge in [0.15, 0.2) is 5.78 Å². The van der Waals surface area contributed by atoms with Crippen LogP contribution in [0.3, 0.4) is 0 Å². The molecule has 2 aromatic carbocycles. The largest absolute Gasteiger partial charge is 0.755 e. The van der Waals surface area contributed by atoms with E-state index in [1.165, 1.54) is 18.2 Å². The van der Waals surface area contributed by atoms with E-state index >= 15 is 0 Å². The molecule has 0 bridgehead atoms. The number of hydrogen-bond acceptors (Lipinski definition) is 7. The molecule has 30 heavy (non-hydrogen) atoms. The van der Waals surface area contributed by atoms with Crippen molar-refractivity contribution in [2.24, 2.45) is 0 Å². The Balaban J connectivity index is 1.97. The van der Waals surface area contributed by atoms with Gasteiger partial charge in [0, 0.05) is 29.8 Å². The number of nitro groups is 1. The molecule has 1 aromatic heterocycles. The molecule has 158 valence electrons. The first-order valence-corrected chi connectivity index (χ1v) is 12.1. The second-order valence-electron chi connectivity index (χ2n) is 6.07. The molecule has 0 radical (unpaired) electrons. The Labute approximate surface area is 178 Å². The van der Waals surface area contributed by atoms with E-state index in [1.54, 1.807) is 41.8 Å². The van der Waals surface area contributed by atoms with Crippen LogP contribution in [-0.2, 0) is 22.3 Å². The fraction of sp³-hybridized carbons (Fsp3) is 0.111. The molecule has 0 fully saturated rings. The van der Waals surface area contributed by atoms with Crippen LogP contribution in [0, 0.1) is 10.1 Å². The second kappa shape index (κ2) is 9.50. The molecule has 1 heterocycles. The van der Waals surface area contributed by atoms with Crippen LogP contribution in [0.1, 0.15) is 5.56 Å². The molecule has 0 saturated heterocycles. The van der Waals surface area contributed by atoms with Crippen molar-refractivity contribution in [3.05, 3.63) is 87.8 Å². The van der Waals surface area contributed by atoms with Crippen LogP contribution in [0.5, 0.6) is 5.75 Å². The van der Waals surface area contributed by atoms with Crippen LogP contribution >= 0.6 is 18.9 Å². The lowest BCUT2D eigenvalue weighted by Gasteiger charge is -2.35. The molecule has 0 aliphatic carbocycles. The van der Waals surface area contributed by atoms with Gasteiger partial charge in [0.2, 0.25) is 0 Å². The Morgan fingerprint density at radius 2 is 1.80 bits per heavy atom. The summed E-state index contributed by atoms with van der Waals surface area (Å²) >= 11 is -1.76. The van der Waals surface area contributed by atoms with Crippen LogP contribution < -0.4 is 8.83 Å². The average molecular weight is 467 g/mol. The molecule has 12 heteroatoms. The zero-order valence-corrected chi connectivity index (χ0v) is 17.8. The normalized spacial score (nSPS) is 15.0. The Bertz CT molecular complexity index is 1060. The summed E-state index contributed by atoms with van der Waals surface area (Å²) in [5.41, 5.74) is 0.424. The summed E-state index contributed by atoms with van der Waals surface area (Å²) in [6, 6.07) is 16.4. The summed E-state index contributed by atoms with van der Waals surface area (Å²) in [6.07, 6.45) is -0.0898. The molecule has 0 aliphatic heterocycles. The molecule has 9 nitrogen and oxygen atoms in total. The summed E-state index contributed by atoms with van der Waals surface area (Å²) in [6.45, 7) is 0. The molecule has 0 aliphatic rings. The standard InChI is InChI=1S/C18H17N2O7PS2/c21-20(22)15-8-10-16(11-9-15)27-28(23,24)17(13-14-5-2-1-3-6-14)19(30(25)26)18-7-4-12-29-18/h1-12,17H,13H2,(H,23,24)(H,25,26)/p-1. The number of nitro benzene ring substituents is 1. The highest BCUT2D eigenvalue weighted by molar-refractivity contribution is 7.81. The molecule has 0 saturated carbocycles. The molecular weight excluding hydrogens is 451 g/mol. The Morgan fingerprint density at radius 3 is 2.33 bits per heavy atom. The highest BCUT2D eigenvalue weighted by Crippen LogP contribution is 2.52. The predicted molar refractivity (Wildman–Crippen MR) is 113 cm³/mol. The maximum atomic E-state index is 13.2. The van der Waals surface area contributed by atoms with E-state index in [0.717, 1.165) is 27.8 Å². The van der Waals surface area contributed by atoms with Gasteiger partial charge >= 0.3 is 7.60 Å². The Hall–Kier alpha value is -2.56. The first kappa shape index (κ1) is 22.1. The van der Waals surface area contributed by atoms with Crippen LogP contribution in [0.4, 0.5) is 10.7 Å². The minimum Gasteiger partial charge on any atom is -0.755 e. The SMILES string of the molecule is O=[N+]([O-])c1ccc(OP(=O)(O)C(Cc2ccccc2)N(c2cccs2)S(=O)[O-])cc1. The number of anilines is 1. The molecule has 3 rings (SSSR count). The molecule has 0 spiro atoms. The minimum absolute atomic E-state index is 0.0898. The number of nitrogens with zero attached hydrogens (tertiary/aromatic N) is 2. The maximum Gasteiger partial charge on any atom is 0.400 e. The summed E-state index contributed by atoms with van der Waals surface area (Å²) in [5.74, 6) is -1.54. The molecule has 3 aromatic rings. The van der Waals surface area contributed by atoms with E-state index < -0.39 is 29.6 Å². The maximum absolute atomic E-state index is 13.2. The fourth-order valence-corrected chi connectivity index (χ4v) is 6.23. The van der Waals surface area contributed by atoms with E-state index in [-0.39, 0.29) is 22.9 Å². The number of thiophene rings is 1. The van der Waals surface area contributed by atoms with E-state index in [1.807, 2.05) is 0 Å². The van der Waals surface area contributed by atoms with Crippen LogP contribution in [0.25, 0.3) is 0 Å². The van der Waals surface area contributed by atoms with Crippen molar-refractivity contribution in [2.45, 2.75) is 12.2 Å². The lowest BCUT2D eigenvalue weighted by atomic mass is 10.1. The van der Waals surface area contributed by atoms with Gasteiger partial charge < -0.3 is 14.0 Å².